The highest BCUT2D eigenvalue weighted by Gasteiger charge is 2.20. The van der Waals surface area contributed by atoms with Crippen LogP contribution < -0.4 is 0 Å². The average molecular weight is 541 g/mol. The van der Waals surface area contributed by atoms with E-state index in [4.69, 9.17) is 0 Å². The second-order valence-electron chi connectivity index (χ2n) is 11.3. The summed E-state index contributed by atoms with van der Waals surface area (Å²) in [6.45, 7) is 16.9. The summed E-state index contributed by atoms with van der Waals surface area (Å²) in [5.41, 5.74) is 14.7. The second kappa shape index (κ2) is 11.1. The third kappa shape index (κ3) is 4.70. The SMILES string of the molecule is C=C/C=C(\C(=C)C)c1ccc2c(-c3ccccc3C)c3cc(-c4ccccc4C)ccc3c(-c3ccccc3C)c2c1. The van der Waals surface area contributed by atoms with E-state index < -0.39 is 0 Å². The van der Waals surface area contributed by atoms with Crippen molar-refractivity contribution in [3.63, 3.8) is 0 Å². The van der Waals surface area contributed by atoms with Gasteiger partial charge in [-0.1, -0.05) is 128 Å². The highest BCUT2D eigenvalue weighted by atomic mass is 14.2. The minimum Gasteiger partial charge on any atom is -0.0990 e. The predicted octanol–water partition coefficient (Wildman–Crippen LogP) is 12.1. The zero-order valence-electron chi connectivity index (χ0n) is 25.0. The average Bonchev–Trinajstić information content (AvgIpc) is 2.99. The van der Waals surface area contributed by atoms with E-state index >= 15 is 0 Å². The number of rotatable bonds is 6. The van der Waals surface area contributed by atoms with Crippen LogP contribution in [0.3, 0.4) is 0 Å². The lowest BCUT2D eigenvalue weighted by molar-refractivity contribution is 1.46. The van der Waals surface area contributed by atoms with Crippen LogP contribution in [-0.4, -0.2) is 0 Å². The molecule has 0 fully saturated rings. The molecule has 0 unspecified atom stereocenters. The van der Waals surface area contributed by atoms with Gasteiger partial charge in [0.25, 0.3) is 0 Å². The molecule has 0 aliphatic heterocycles. The third-order valence-corrected chi connectivity index (χ3v) is 8.46. The Bertz CT molecular complexity index is 2050. The molecule has 0 aromatic heterocycles. The zero-order chi connectivity index (χ0) is 29.4. The van der Waals surface area contributed by atoms with E-state index in [9.17, 15) is 0 Å². The van der Waals surface area contributed by atoms with E-state index in [0.717, 1.165) is 16.7 Å². The molecule has 0 saturated carbocycles. The van der Waals surface area contributed by atoms with Gasteiger partial charge in [0.05, 0.1) is 0 Å². The molecule has 0 heterocycles. The fraction of sp³-hybridized carbons (Fsp3) is 0.0952. The van der Waals surface area contributed by atoms with E-state index in [-0.39, 0.29) is 0 Å². The van der Waals surface area contributed by atoms with Crippen molar-refractivity contribution in [3.8, 4) is 33.4 Å². The highest BCUT2D eigenvalue weighted by molar-refractivity contribution is 6.22. The Hall–Kier alpha value is -4.94. The summed E-state index contributed by atoms with van der Waals surface area (Å²) in [5, 5.41) is 5.02. The van der Waals surface area contributed by atoms with Gasteiger partial charge in [-0.15, -0.1) is 0 Å². The minimum absolute atomic E-state index is 1.02. The van der Waals surface area contributed by atoms with Gasteiger partial charge >= 0.3 is 0 Å². The van der Waals surface area contributed by atoms with Crippen LogP contribution >= 0.6 is 0 Å². The first-order valence-electron chi connectivity index (χ1n) is 14.6. The van der Waals surface area contributed by atoms with Gasteiger partial charge < -0.3 is 0 Å². The number of allylic oxidation sites excluding steroid dienone is 4. The predicted molar refractivity (Wildman–Crippen MR) is 185 cm³/mol. The van der Waals surface area contributed by atoms with Gasteiger partial charge in [-0.3, -0.25) is 0 Å². The van der Waals surface area contributed by atoms with Gasteiger partial charge in [0.1, 0.15) is 0 Å². The van der Waals surface area contributed by atoms with E-state index in [1.807, 2.05) is 6.08 Å². The lowest BCUT2D eigenvalue weighted by Crippen LogP contribution is -1.96. The first-order chi connectivity index (χ1) is 20.4. The Morgan fingerprint density at radius 1 is 0.548 bits per heavy atom. The lowest BCUT2D eigenvalue weighted by Gasteiger charge is -2.21. The van der Waals surface area contributed by atoms with Crippen LogP contribution in [0.15, 0.2) is 140 Å². The van der Waals surface area contributed by atoms with Crippen LogP contribution in [0.4, 0.5) is 0 Å². The minimum atomic E-state index is 1.02. The molecule has 0 amide bonds. The summed E-state index contributed by atoms with van der Waals surface area (Å²) in [7, 11) is 0. The number of benzene rings is 6. The second-order valence-corrected chi connectivity index (χ2v) is 11.3. The summed E-state index contributed by atoms with van der Waals surface area (Å²) >= 11 is 0. The first-order valence-corrected chi connectivity index (χ1v) is 14.6. The maximum absolute atomic E-state index is 4.28. The van der Waals surface area contributed by atoms with Gasteiger partial charge in [-0.2, -0.15) is 0 Å². The summed E-state index contributed by atoms with van der Waals surface area (Å²) in [5.74, 6) is 0. The van der Waals surface area contributed by atoms with Gasteiger partial charge in [-0.25, -0.2) is 0 Å². The van der Waals surface area contributed by atoms with Crippen molar-refractivity contribution >= 4 is 27.1 Å². The van der Waals surface area contributed by atoms with E-state index in [1.165, 1.54) is 71.6 Å². The quantitative estimate of drug-likeness (QED) is 0.146. The summed E-state index contributed by atoms with van der Waals surface area (Å²) in [4.78, 5) is 0. The maximum atomic E-state index is 4.28. The van der Waals surface area contributed by atoms with Crippen LogP contribution in [0.2, 0.25) is 0 Å². The van der Waals surface area contributed by atoms with Crippen LogP contribution in [0, 0.1) is 20.8 Å². The van der Waals surface area contributed by atoms with E-state index in [1.54, 1.807) is 0 Å². The molecule has 0 nitrogen and oxygen atoms in total. The molecular weight excluding hydrogens is 504 g/mol. The molecule has 0 aliphatic rings. The van der Waals surface area contributed by atoms with Crippen molar-refractivity contribution in [2.75, 3.05) is 0 Å². The molecule has 6 aromatic carbocycles. The molecule has 0 saturated heterocycles. The fourth-order valence-corrected chi connectivity index (χ4v) is 6.35. The third-order valence-electron chi connectivity index (χ3n) is 8.46. The van der Waals surface area contributed by atoms with E-state index in [0.29, 0.717) is 0 Å². The molecular formula is C42H36. The standard InChI is InChI=1S/C42H36/c1-7-14-33(27(2)3)31-21-23-37-39(25-31)41(35-19-12-9-16-29(35)5)38-24-22-32(34-18-11-8-15-28(34)4)26-40(38)42(37)36-20-13-10-17-30(36)6/h7-26H,1-2H2,3-6H3/b33-14+. The van der Waals surface area contributed by atoms with Crippen molar-refractivity contribution in [1.82, 2.24) is 0 Å². The Morgan fingerprint density at radius 2 is 1.02 bits per heavy atom. The molecule has 0 radical (unpaired) electrons. The Kier molecular flexibility index (Phi) is 7.23. The van der Waals surface area contributed by atoms with Crippen LogP contribution in [-0.2, 0) is 0 Å². The molecule has 6 rings (SSSR count). The van der Waals surface area contributed by atoms with Crippen molar-refractivity contribution in [3.05, 3.63) is 162 Å². The number of fused-ring (bicyclic) bond motifs is 2. The molecule has 0 atom stereocenters. The molecule has 0 bridgehead atoms. The van der Waals surface area contributed by atoms with Gasteiger partial charge in [-0.05, 0) is 123 Å². The monoisotopic (exact) mass is 540 g/mol. The van der Waals surface area contributed by atoms with Gasteiger partial charge in [0.2, 0.25) is 0 Å². The Morgan fingerprint density at radius 3 is 1.52 bits per heavy atom. The van der Waals surface area contributed by atoms with Crippen molar-refractivity contribution < 1.29 is 0 Å². The molecule has 0 spiro atoms. The van der Waals surface area contributed by atoms with Crippen molar-refractivity contribution in [1.29, 1.82) is 0 Å². The maximum Gasteiger partial charge on any atom is -0.00235 e. The molecule has 0 N–H and O–H groups in total. The fourth-order valence-electron chi connectivity index (χ4n) is 6.35. The largest absolute Gasteiger partial charge is 0.0990 e. The van der Waals surface area contributed by atoms with Gasteiger partial charge in [0.15, 0.2) is 0 Å². The smallest absolute Gasteiger partial charge is 0.00235 e. The first kappa shape index (κ1) is 27.2. The summed E-state index contributed by atoms with van der Waals surface area (Å²) in [6.07, 6.45) is 3.91. The lowest BCUT2D eigenvalue weighted by atomic mass is 9.82. The van der Waals surface area contributed by atoms with E-state index in [2.05, 4.69) is 156 Å². The molecule has 204 valence electrons. The van der Waals surface area contributed by atoms with Crippen molar-refractivity contribution in [2.24, 2.45) is 0 Å². The van der Waals surface area contributed by atoms with Crippen molar-refractivity contribution in [2.45, 2.75) is 27.7 Å². The summed E-state index contributed by atoms with van der Waals surface area (Å²) in [6, 6.07) is 40.1. The van der Waals surface area contributed by atoms with Crippen LogP contribution in [0.25, 0.3) is 60.5 Å². The summed E-state index contributed by atoms with van der Waals surface area (Å²) < 4.78 is 0. The Labute approximate surface area is 250 Å². The number of hydrogen-bond acceptors (Lipinski definition) is 0. The molecule has 0 aliphatic carbocycles. The van der Waals surface area contributed by atoms with Crippen LogP contribution in [0.1, 0.15) is 29.2 Å². The van der Waals surface area contributed by atoms with Gasteiger partial charge in [0, 0.05) is 0 Å². The molecule has 6 aromatic rings. The highest BCUT2D eigenvalue weighted by Crippen LogP contribution is 2.47. The zero-order valence-corrected chi connectivity index (χ0v) is 25.0. The molecule has 42 heavy (non-hydrogen) atoms. The number of aryl methyl sites for hydroxylation is 3. The molecule has 0 heteroatoms. The van der Waals surface area contributed by atoms with Crippen LogP contribution in [0.5, 0.6) is 0 Å². The normalized spacial score (nSPS) is 11.7. The topological polar surface area (TPSA) is 0 Å². The Balaban J connectivity index is 1.84. The number of hydrogen-bond donors (Lipinski definition) is 0.